The number of methoxy groups -OCH3 is 1. The van der Waals surface area contributed by atoms with Crippen LogP contribution in [0.3, 0.4) is 0 Å². The van der Waals surface area contributed by atoms with Crippen molar-refractivity contribution in [3.63, 3.8) is 0 Å². The molecule has 2 aromatic carbocycles. The second-order valence-electron chi connectivity index (χ2n) is 7.69. The standard InChI is InChI=1S/C24H27FN2O4/c1-28-22-8-4-20(5-9-22)14-29-15-23-16-30-24(31-23,17-27-13-12-26-18-27)11-10-19-2-6-21(25)7-3-19/h2-9,12-13,18,23H,10-11,14-17H2,1H3. The minimum absolute atomic E-state index is 0.157. The molecule has 1 aliphatic heterocycles. The van der Waals surface area contributed by atoms with E-state index in [4.69, 9.17) is 18.9 Å². The van der Waals surface area contributed by atoms with E-state index in [1.54, 1.807) is 31.8 Å². The first kappa shape index (κ1) is 21.5. The molecule has 4 rings (SSSR count). The predicted octanol–water partition coefficient (Wildman–Crippen LogP) is 3.99. The van der Waals surface area contributed by atoms with Gasteiger partial charge >= 0.3 is 0 Å². The molecular formula is C24H27FN2O4. The lowest BCUT2D eigenvalue weighted by atomic mass is 10.0. The molecular weight excluding hydrogens is 399 g/mol. The Bertz CT molecular complexity index is 931. The summed E-state index contributed by atoms with van der Waals surface area (Å²) in [7, 11) is 1.65. The molecule has 0 aliphatic carbocycles. The Kier molecular flexibility index (Phi) is 6.96. The molecule has 1 fully saturated rings. The van der Waals surface area contributed by atoms with Crippen molar-refractivity contribution in [2.24, 2.45) is 0 Å². The number of nitrogens with zero attached hydrogens (tertiary/aromatic N) is 2. The molecule has 0 saturated carbocycles. The zero-order valence-electron chi connectivity index (χ0n) is 17.6. The fourth-order valence-corrected chi connectivity index (χ4v) is 3.67. The summed E-state index contributed by atoms with van der Waals surface area (Å²) in [4.78, 5) is 4.11. The number of halogens is 1. The fourth-order valence-electron chi connectivity index (χ4n) is 3.67. The summed E-state index contributed by atoms with van der Waals surface area (Å²) in [6.45, 7) is 1.92. The van der Waals surface area contributed by atoms with E-state index in [1.165, 1.54) is 12.1 Å². The summed E-state index contributed by atoms with van der Waals surface area (Å²) >= 11 is 0. The Balaban J connectivity index is 1.33. The highest BCUT2D eigenvalue weighted by Crippen LogP contribution is 2.31. The number of aromatic nitrogens is 2. The van der Waals surface area contributed by atoms with Gasteiger partial charge in [0.05, 0.1) is 39.8 Å². The summed E-state index contributed by atoms with van der Waals surface area (Å²) in [5, 5.41) is 0. The Labute approximate surface area is 181 Å². The van der Waals surface area contributed by atoms with Crippen LogP contribution in [0.25, 0.3) is 0 Å². The van der Waals surface area contributed by atoms with Crippen LogP contribution in [0.15, 0.2) is 67.3 Å². The predicted molar refractivity (Wildman–Crippen MR) is 113 cm³/mol. The van der Waals surface area contributed by atoms with Gasteiger partial charge in [-0.25, -0.2) is 9.37 Å². The maximum Gasteiger partial charge on any atom is 0.187 e. The van der Waals surface area contributed by atoms with Gasteiger partial charge in [0.15, 0.2) is 5.79 Å². The smallest absolute Gasteiger partial charge is 0.187 e. The zero-order chi connectivity index (χ0) is 21.5. The number of hydrogen-bond donors (Lipinski definition) is 0. The summed E-state index contributed by atoms with van der Waals surface area (Å²) < 4.78 is 38.7. The molecule has 7 heteroatoms. The number of aryl methyl sites for hydroxylation is 1. The third-order valence-corrected chi connectivity index (χ3v) is 5.34. The zero-order valence-corrected chi connectivity index (χ0v) is 17.6. The van der Waals surface area contributed by atoms with Crippen molar-refractivity contribution in [3.05, 3.63) is 84.2 Å². The minimum Gasteiger partial charge on any atom is -0.497 e. The van der Waals surface area contributed by atoms with Crippen LogP contribution in [-0.4, -0.2) is 41.8 Å². The summed E-state index contributed by atoms with van der Waals surface area (Å²) in [5.41, 5.74) is 2.11. The Morgan fingerprint density at radius 1 is 1.13 bits per heavy atom. The second-order valence-corrected chi connectivity index (χ2v) is 7.69. The number of rotatable bonds is 10. The first-order valence-corrected chi connectivity index (χ1v) is 10.4. The molecule has 2 heterocycles. The van der Waals surface area contributed by atoms with E-state index >= 15 is 0 Å². The summed E-state index contributed by atoms with van der Waals surface area (Å²) in [6.07, 6.45) is 6.58. The van der Waals surface area contributed by atoms with Gasteiger partial charge in [-0.05, 0) is 41.8 Å². The Morgan fingerprint density at radius 3 is 2.61 bits per heavy atom. The third-order valence-electron chi connectivity index (χ3n) is 5.34. The van der Waals surface area contributed by atoms with E-state index in [-0.39, 0.29) is 11.9 Å². The molecule has 2 unspecified atom stereocenters. The van der Waals surface area contributed by atoms with Crippen molar-refractivity contribution in [1.82, 2.24) is 9.55 Å². The molecule has 0 radical (unpaired) electrons. The van der Waals surface area contributed by atoms with Crippen molar-refractivity contribution < 1.29 is 23.3 Å². The lowest BCUT2D eigenvalue weighted by Crippen LogP contribution is -2.37. The molecule has 6 nitrogen and oxygen atoms in total. The highest BCUT2D eigenvalue weighted by Gasteiger charge is 2.41. The molecule has 0 spiro atoms. The Morgan fingerprint density at radius 2 is 1.90 bits per heavy atom. The van der Waals surface area contributed by atoms with E-state index < -0.39 is 5.79 Å². The number of imidazole rings is 1. The van der Waals surface area contributed by atoms with Crippen LogP contribution in [0.2, 0.25) is 0 Å². The van der Waals surface area contributed by atoms with Gasteiger partial charge < -0.3 is 23.5 Å². The topological polar surface area (TPSA) is 54.7 Å². The maximum atomic E-state index is 13.2. The fraction of sp³-hybridized carbons (Fsp3) is 0.375. The van der Waals surface area contributed by atoms with Crippen molar-refractivity contribution in [2.45, 2.75) is 37.9 Å². The van der Waals surface area contributed by atoms with Crippen LogP contribution in [0, 0.1) is 5.82 Å². The van der Waals surface area contributed by atoms with Crippen LogP contribution in [0.5, 0.6) is 5.75 Å². The normalized spacial score (nSPS) is 20.8. The van der Waals surface area contributed by atoms with Gasteiger partial charge in [0.25, 0.3) is 0 Å². The van der Waals surface area contributed by atoms with Crippen molar-refractivity contribution in [3.8, 4) is 5.75 Å². The van der Waals surface area contributed by atoms with E-state index in [2.05, 4.69) is 4.98 Å². The molecule has 0 amide bonds. The number of ether oxygens (including phenoxy) is 4. The van der Waals surface area contributed by atoms with Crippen LogP contribution >= 0.6 is 0 Å². The van der Waals surface area contributed by atoms with E-state index in [1.807, 2.05) is 35.0 Å². The van der Waals surface area contributed by atoms with E-state index in [0.717, 1.165) is 16.9 Å². The first-order valence-electron chi connectivity index (χ1n) is 10.4. The molecule has 2 atom stereocenters. The van der Waals surface area contributed by atoms with Crippen molar-refractivity contribution in [1.29, 1.82) is 0 Å². The van der Waals surface area contributed by atoms with Crippen molar-refractivity contribution >= 4 is 0 Å². The quantitative estimate of drug-likeness (QED) is 0.491. The molecule has 164 valence electrons. The minimum atomic E-state index is -0.775. The molecule has 3 aromatic rings. The van der Waals surface area contributed by atoms with Crippen molar-refractivity contribution in [2.75, 3.05) is 20.3 Å². The van der Waals surface area contributed by atoms with Crippen LogP contribution in [0.4, 0.5) is 4.39 Å². The van der Waals surface area contributed by atoms with Gasteiger partial charge in [-0.1, -0.05) is 24.3 Å². The van der Waals surface area contributed by atoms with Gasteiger partial charge in [-0.15, -0.1) is 0 Å². The van der Waals surface area contributed by atoms with E-state index in [0.29, 0.717) is 39.2 Å². The summed E-state index contributed by atoms with van der Waals surface area (Å²) in [5.74, 6) is -0.190. The molecule has 1 aliphatic rings. The van der Waals surface area contributed by atoms with Gasteiger partial charge in [-0.2, -0.15) is 0 Å². The highest BCUT2D eigenvalue weighted by molar-refractivity contribution is 5.26. The maximum absolute atomic E-state index is 13.2. The monoisotopic (exact) mass is 426 g/mol. The largest absolute Gasteiger partial charge is 0.497 e. The average Bonchev–Trinajstić information content (AvgIpc) is 3.45. The van der Waals surface area contributed by atoms with Gasteiger partial charge in [0.2, 0.25) is 0 Å². The van der Waals surface area contributed by atoms with Gasteiger partial charge in [0, 0.05) is 18.8 Å². The second kappa shape index (κ2) is 10.0. The SMILES string of the molecule is COc1ccc(COCC2COC(CCc3ccc(F)cc3)(Cn3ccnc3)O2)cc1. The average molecular weight is 426 g/mol. The Hall–Kier alpha value is -2.74. The van der Waals surface area contributed by atoms with Gasteiger partial charge in [0.1, 0.15) is 17.7 Å². The molecule has 0 N–H and O–H groups in total. The molecule has 0 bridgehead atoms. The van der Waals surface area contributed by atoms with Gasteiger partial charge in [-0.3, -0.25) is 0 Å². The van der Waals surface area contributed by atoms with Crippen LogP contribution < -0.4 is 4.74 Å². The summed E-state index contributed by atoms with van der Waals surface area (Å²) in [6, 6.07) is 14.3. The molecule has 1 saturated heterocycles. The number of benzene rings is 2. The van der Waals surface area contributed by atoms with Crippen LogP contribution in [-0.2, 0) is 33.8 Å². The number of hydrogen-bond acceptors (Lipinski definition) is 5. The van der Waals surface area contributed by atoms with Crippen LogP contribution in [0.1, 0.15) is 17.5 Å². The first-order chi connectivity index (χ1) is 15.1. The lowest BCUT2D eigenvalue weighted by Gasteiger charge is -2.28. The lowest BCUT2D eigenvalue weighted by molar-refractivity contribution is -0.187. The molecule has 1 aromatic heterocycles. The molecule has 31 heavy (non-hydrogen) atoms. The van der Waals surface area contributed by atoms with E-state index in [9.17, 15) is 4.39 Å². The third kappa shape index (κ3) is 5.91. The highest BCUT2D eigenvalue weighted by atomic mass is 19.1.